The Morgan fingerprint density at radius 1 is 1.07 bits per heavy atom. The molecule has 1 unspecified atom stereocenters. The van der Waals surface area contributed by atoms with Gasteiger partial charge in [-0.2, -0.15) is 4.31 Å². The molecule has 2 rings (SSSR count). The van der Waals surface area contributed by atoms with Crippen LogP contribution in [0.25, 0.3) is 0 Å². The number of piperidine rings is 1. The fraction of sp³-hybridized carbons (Fsp3) is 1.00. The van der Waals surface area contributed by atoms with Crippen LogP contribution in [-0.2, 0) is 10.0 Å². The van der Waals surface area contributed by atoms with Gasteiger partial charge in [-0.05, 0) is 25.7 Å². The summed E-state index contributed by atoms with van der Waals surface area (Å²) in [5.74, 6) is 0. The number of sulfonamides is 1. The number of aliphatic hydroxyl groups excluding tert-OH is 1. The molecule has 4 nitrogen and oxygen atoms in total. The van der Waals surface area contributed by atoms with Crippen LogP contribution in [0.3, 0.4) is 0 Å². The Labute approximate surface area is 91.3 Å². The van der Waals surface area contributed by atoms with Gasteiger partial charge in [0.2, 0.25) is 10.0 Å². The van der Waals surface area contributed by atoms with Gasteiger partial charge in [0.25, 0.3) is 0 Å². The van der Waals surface area contributed by atoms with Gasteiger partial charge in [-0.1, -0.05) is 12.8 Å². The zero-order chi connectivity index (χ0) is 10.9. The highest BCUT2D eigenvalue weighted by Gasteiger charge is 2.36. The first-order chi connectivity index (χ1) is 7.10. The molecular weight excluding hydrogens is 214 g/mol. The van der Waals surface area contributed by atoms with Crippen LogP contribution >= 0.6 is 0 Å². The molecule has 88 valence electrons. The van der Waals surface area contributed by atoms with Crippen LogP contribution < -0.4 is 0 Å². The molecule has 0 aromatic rings. The first-order valence-electron chi connectivity index (χ1n) is 5.78. The number of aliphatic hydroxyl groups is 1. The lowest BCUT2D eigenvalue weighted by atomic mass is 10.1. The van der Waals surface area contributed by atoms with E-state index in [0.717, 1.165) is 38.5 Å². The van der Waals surface area contributed by atoms with Crippen LogP contribution in [-0.4, -0.2) is 42.3 Å². The van der Waals surface area contributed by atoms with Crippen LogP contribution in [0.2, 0.25) is 0 Å². The van der Waals surface area contributed by atoms with E-state index in [9.17, 15) is 13.5 Å². The van der Waals surface area contributed by atoms with E-state index in [4.69, 9.17) is 0 Å². The first-order valence-corrected chi connectivity index (χ1v) is 7.28. The topological polar surface area (TPSA) is 57.6 Å². The van der Waals surface area contributed by atoms with Crippen molar-refractivity contribution in [2.75, 3.05) is 13.1 Å². The molecule has 2 aliphatic rings. The Balaban J connectivity index is 2.07. The summed E-state index contributed by atoms with van der Waals surface area (Å²) in [6, 6.07) is 0. The van der Waals surface area contributed by atoms with Crippen LogP contribution in [0, 0.1) is 0 Å². The molecule has 0 amide bonds. The smallest absolute Gasteiger partial charge is 0.217 e. The lowest BCUT2D eigenvalue weighted by Gasteiger charge is -2.31. The van der Waals surface area contributed by atoms with Gasteiger partial charge in [0, 0.05) is 13.1 Å². The monoisotopic (exact) mass is 233 g/mol. The van der Waals surface area contributed by atoms with E-state index < -0.39 is 16.1 Å². The minimum atomic E-state index is -3.12. The standard InChI is InChI=1S/C10H19NO3S/c12-9-4-3-7-11(8-9)15(13,14)10-5-1-2-6-10/h9-10,12H,1-8H2. The Hall–Kier alpha value is -0.130. The third kappa shape index (κ3) is 2.34. The van der Waals surface area contributed by atoms with E-state index in [-0.39, 0.29) is 5.25 Å². The van der Waals surface area contributed by atoms with Crippen molar-refractivity contribution in [2.45, 2.75) is 49.9 Å². The highest BCUT2D eigenvalue weighted by molar-refractivity contribution is 7.89. The van der Waals surface area contributed by atoms with Crippen molar-refractivity contribution in [1.29, 1.82) is 0 Å². The number of nitrogens with zero attached hydrogens (tertiary/aromatic N) is 1. The predicted octanol–water partition coefficient (Wildman–Crippen LogP) is 0.716. The zero-order valence-corrected chi connectivity index (χ0v) is 9.75. The highest BCUT2D eigenvalue weighted by Crippen LogP contribution is 2.28. The Bertz CT molecular complexity index is 309. The fourth-order valence-corrected chi connectivity index (χ4v) is 4.66. The van der Waals surface area contributed by atoms with Crippen molar-refractivity contribution in [3.63, 3.8) is 0 Å². The lowest BCUT2D eigenvalue weighted by molar-refractivity contribution is 0.107. The summed E-state index contributed by atoms with van der Waals surface area (Å²) in [6.45, 7) is 0.898. The fourth-order valence-electron chi connectivity index (χ4n) is 2.55. The summed E-state index contributed by atoms with van der Waals surface area (Å²) < 4.78 is 25.8. The number of hydrogen-bond donors (Lipinski definition) is 1. The van der Waals surface area contributed by atoms with Gasteiger partial charge >= 0.3 is 0 Å². The summed E-state index contributed by atoms with van der Waals surface area (Å²) >= 11 is 0. The molecule has 1 aliphatic carbocycles. The van der Waals surface area contributed by atoms with E-state index in [1.165, 1.54) is 4.31 Å². The van der Waals surface area contributed by atoms with Gasteiger partial charge in [-0.3, -0.25) is 0 Å². The lowest BCUT2D eigenvalue weighted by Crippen LogP contribution is -2.45. The Morgan fingerprint density at radius 2 is 1.73 bits per heavy atom. The van der Waals surface area contributed by atoms with E-state index in [2.05, 4.69) is 0 Å². The third-order valence-electron chi connectivity index (χ3n) is 3.44. The maximum atomic E-state index is 12.1. The molecule has 5 heteroatoms. The normalized spacial score (nSPS) is 30.9. The molecule has 0 aromatic heterocycles. The van der Waals surface area contributed by atoms with Crippen LogP contribution in [0.4, 0.5) is 0 Å². The molecule has 15 heavy (non-hydrogen) atoms. The van der Waals surface area contributed by atoms with Crippen LogP contribution in [0.5, 0.6) is 0 Å². The van der Waals surface area contributed by atoms with Gasteiger partial charge in [0.05, 0.1) is 11.4 Å². The van der Waals surface area contributed by atoms with Crippen molar-refractivity contribution in [3.05, 3.63) is 0 Å². The van der Waals surface area contributed by atoms with Crippen molar-refractivity contribution < 1.29 is 13.5 Å². The largest absolute Gasteiger partial charge is 0.392 e. The SMILES string of the molecule is O=S(=O)(C1CCCC1)N1CCCC(O)C1. The maximum Gasteiger partial charge on any atom is 0.217 e. The molecule has 1 atom stereocenters. The van der Waals surface area contributed by atoms with Gasteiger partial charge in [-0.25, -0.2) is 8.42 Å². The second-order valence-corrected chi connectivity index (χ2v) is 6.82. The van der Waals surface area contributed by atoms with Gasteiger partial charge in [0.1, 0.15) is 0 Å². The Morgan fingerprint density at radius 3 is 2.33 bits per heavy atom. The summed E-state index contributed by atoms with van der Waals surface area (Å²) in [5, 5.41) is 9.30. The van der Waals surface area contributed by atoms with Gasteiger partial charge < -0.3 is 5.11 Å². The van der Waals surface area contributed by atoms with Crippen LogP contribution in [0.1, 0.15) is 38.5 Å². The summed E-state index contributed by atoms with van der Waals surface area (Å²) in [4.78, 5) is 0. The van der Waals surface area contributed by atoms with Gasteiger partial charge in [0.15, 0.2) is 0 Å². The maximum absolute atomic E-state index is 12.1. The molecule has 1 saturated heterocycles. The van der Waals surface area contributed by atoms with Crippen molar-refractivity contribution >= 4 is 10.0 Å². The van der Waals surface area contributed by atoms with Crippen LogP contribution in [0.15, 0.2) is 0 Å². The average Bonchev–Trinajstić information content (AvgIpc) is 2.71. The first kappa shape index (κ1) is 11.4. The van der Waals surface area contributed by atoms with E-state index in [1.54, 1.807) is 0 Å². The minimum Gasteiger partial charge on any atom is -0.392 e. The molecule has 0 radical (unpaired) electrons. The van der Waals surface area contributed by atoms with E-state index >= 15 is 0 Å². The highest BCUT2D eigenvalue weighted by atomic mass is 32.2. The third-order valence-corrected chi connectivity index (χ3v) is 5.81. The summed E-state index contributed by atoms with van der Waals surface area (Å²) in [7, 11) is -3.12. The molecule has 1 aliphatic heterocycles. The number of rotatable bonds is 2. The molecule has 0 spiro atoms. The molecule has 1 N–H and O–H groups in total. The second kappa shape index (κ2) is 4.39. The van der Waals surface area contributed by atoms with E-state index in [1.807, 2.05) is 0 Å². The van der Waals surface area contributed by atoms with E-state index in [0.29, 0.717) is 13.1 Å². The minimum absolute atomic E-state index is 0.178. The molecular formula is C10H19NO3S. The van der Waals surface area contributed by atoms with Gasteiger partial charge in [-0.15, -0.1) is 0 Å². The van der Waals surface area contributed by atoms with Crippen molar-refractivity contribution in [3.8, 4) is 0 Å². The predicted molar refractivity (Wildman–Crippen MR) is 58.0 cm³/mol. The molecule has 1 saturated carbocycles. The van der Waals surface area contributed by atoms with Crippen molar-refractivity contribution in [1.82, 2.24) is 4.31 Å². The quantitative estimate of drug-likeness (QED) is 0.764. The molecule has 0 aromatic carbocycles. The number of hydrogen-bond acceptors (Lipinski definition) is 3. The van der Waals surface area contributed by atoms with Crippen molar-refractivity contribution in [2.24, 2.45) is 0 Å². The number of β-amino-alcohol motifs (C(OH)–C–C–N with tert-alkyl or cyclic N) is 1. The summed E-state index contributed by atoms with van der Waals surface area (Å²) in [5.41, 5.74) is 0. The Kier molecular flexibility index (Phi) is 3.33. The summed E-state index contributed by atoms with van der Waals surface area (Å²) in [6.07, 6.45) is 4.71. The molecule has 1 heterocycles. The average molecular weight is 233 g/mol. The molecule has 0 bridgehead atoms. The zero-order valence-electron chi connectivity index (χ0n) is 8.93. The molecule has 2 fully saturated rings. The second-order valence-electron chi connectivity index (χ2n) is 4.61.